The van der Waals surface area contributed by atoms with Crippen LogP contribution >= 0.6 is 23.2 Å². The Balaban J connectivity index is 2.71. The highest BCUT2D eigenvalue weighted by Gasteiger charge is 2.19. The van der Waals surface area contributed by atoms with Crippen molar-refractivity contribution in [2.75, 3.05) is 0 Å². The minimum absolute atomic E-state index is 0.137. The number of halogens is 2. The summed E-state index contributed by atoms with van der Waals surface area (Å²) < 4.78 is 1.37. The summed E-state index contributed by atoms with van der Waals surface area (Å²) in [4.78, 5) is 11.2. The van der Waals surface area contributed by atoms with Gasteiger partial charge in [0.25, 0.3) is 0 Å². The van der Waals surface area contributed by atoms with Gasteiger partial charge in [0.2, 0.25) is 0 Å². The van der Waals surface area contributed by atoms with Crippen molar-refractivity contribution >= 4 is 35.2 Å². The first kappa shape index (κ1) is 14.6. The van der Waals surface area contributed by atoms with E-state index in [0.717, 1.165) is 5.57 Å². The first-order chi connectivity index (χ1) is 9.40. The molecule has 0 saturated carbocycles. The fourth-order valence-electron chi connectivity index (χ4n) is 1.67. The van der Waals surface area contributed by atoms with Crippen molar-refractivity contribution in [1.29, 1.82) is 0 Å². The van der Waals surface area contributed by atoms with Crippen molar-refractivity contribution in [2.45, 2.75) is 13.8 Å². The van der Waals surface area contributed by atoms with E-state index in [2.05, 4.69) is 10.3 Å². The van der Waals surface area contributed by atoms with Crippen molar-refractivity contribution in [2.24, 2.45) is 0 Å². The third kappa shape index (κ3) is 2.84. The molecule has 104 valence electrons. The Morgan fingerprint density at radius 3 is 2.65 bits per heavy atom. The van der Waals surface area contributed by atoms with Gasteiger partial charge in [-0.05, 0) is 38.1 Å². The predicted octanol–water partition coefficient (Wildman–Crippen LogP) is 3.70. The zero-order chi connectivity index (χ0) is 14.9. The molecule has 2 rings (SSSR count). The average molecular weight is 312 g/mol. The molecule has 1 heterocycles. The maximum Gasteiger partial charge on any atom is 0.358 e. The Hall–Kier alpha value is -1.85. The molecule has 0 radical (unpaired) electrons. The molecule has 0 aliphatic carbocycles. The molecule has 0 aliphatic heterocycles. The number of allylic oxidation sites excluding steroid dienone is 1. The van der Waals surface area contributed by atoms with Gasteiger partial charge in [-0.25, -0.2) is 9.48 Å². The summed E-state index contributed by atoms with van der Waals surface area (Å²) in [6.45, 7) is 3.70. The molecule has 0 bridgehead atoms. The Morgan fingerprint density at radius 2 is 2.05 bits per heavy atom. The van der Waals surface area contributed by atoms with Crippen LogP contribution in [0.15, 0.2) is 23.8 Å². The largest absolute Gasteiger partial charge is 0.476 e. The summed E-state index contributed by atoms with van der Waals surface area (Å²) in [6, 6.07) is 4.86. The number of aromatic carboxylic acids is 1. The number of aromatic nitrogens is 3. The summed E-state index contributed by atoms with van der Waals surface area (Å²) in [7, 11) is 0. The fourth-order valence-corrected chi connectivity index (χ4v) is 2.03. The second-order valence-corrected chi connectivity index (χ2v) is 5.20. The number of carboxylic acid groups (broad SMARTS) is 1. The van der Waals surface area contributed by atoms with Gasteiger partial charge in [-0.3, -0.25) is 0 Å². The molecule has 0 spiro atoms. The number of hydrogen-bond donors (Lipinski definition) is 1. The third-order valence-electron chi connectivity index (χ3n) is 2.47. The Labute approximate surface area is 125 Å². The molecule has 7 heteroatoms. The van der Waals surface area contributed by atoms with E-state index in [1.807, 2.05) is 13.8 Å². The van der Waals surface area contributed by atoms with Crippen LogP contribution in [0.3, 0.4) is 0 Å². The molecule has 0 amide bonds. The summed E-state index contributed by atoms with van der Waals surface area (Å²) >= 11 is 12.1. The summed E-state index contributed by atoms with van der Waals surface area (Å²) in [5.74, 6) is -1.15. The van der Waals surface area contributed by atoms with E-state index < -0.39 is 5.97 Å². The molecular weight excluding hydrogens is 301 g/mol. The molecule has 5 nitrogen and oxygen atoms in total. The first-order valence-electron chi connectivity index (χ1n) is 5.69. The highest BCUT2D eigenvalue weighted by molar-refractivity contribution is 6.34. The van der Waals surface area contributed by atoms with Gasteiger partial charge in [0, 0.05) is 5.02 Å². The maximum atomic E-state index is 11.2. The number of benzene rings is 1. The van der Waals surface area contributed by atoms with Gasteiger partial charge in [-0.15, -0.1) is 5.10 Å². The molecule has 2 aromatic rings. The number of carboxylic acids is 1. The molecule has 0 aliphatic rings. The molecule has 0 fully saturated rings. The van der Waals surface area contributed by atoms with Gasteiger partial charge in [0.15, 0.2) is 5.69 Å². The lowest BCUT2D eigenvalue weighted by Gasteiger charge is -2.07. The van der Waals surface area contributed by atoms with E-state index in [4.69, 9.17) is 28.3 Å². The molecule has 0 saturated heterocycles. The molecule has 20 heavy (non-hydrogen) atoms. The van der Waals surface area contributed by atoms with Crippen molar-refractivity contribution < 1.29 is 9.90 Å². The van der Waals surface area contributed by atoms with Crippen molar-refractivity contribution in [3.63, 3.8) is 0 Å². The SMILES string of the molecule is CC(C)=Cc1c(C(=O)O)nnn1-c1cc(Cl)ccc1Cl. The normalized spacial score (nSPS) is 10.4. The minimum Gasteiger partial charge on any atom is -0.476 e. The Morgan fingerprint density at radius 1 is 1.35 bits per heavy atom. The first-order valence-corrected chi connectivity index (χ1v) is 6.45. The minimum atomic E-state index is -1.15. The zero-order valence-electron chi connectivity index (χ0n) is 10.8. The van der Waals surface area contributed by atoms with Crippen LogP contribution in [0.2, 0.25) is 10.0 Å². The van der Waals surface area contributed by atoms with Crippen LogP contribution in [0.1, 0.15) is 30.0 Å². The lowest BCUT2D eigenvalue weighted by molar-refractivity contribution is 0.0690. The monoisotopic (exact) mass is 311 g/mol. The Kier molecular flexibility index (Phi) is 4.11. The maximum absolute atomic E-state index is 11.2. The van der Waals surface area contributed by atoms with Gasteiger partial charge in [0.1, 0.15) is 5.69 Å². The molecule has 1 aromatic carbocycles. The van der Waals surface area contributed by atoms with Crippen LogP contribution in [0.5, 0.6) is 0 Å². The smallest absolute Gasteiger partial charge is 0.358 e. The van der Waals surface area contributed by atoms with Crippen LogP contribution in [0.4, 0.5) is 0 Å². The van der Waals surface area contributed by atoms with E-state index in [-0.39, 0.29) is 5.69 Å². The van der Waals surface area contributed by atoms with Gasteiger partial charge in [0.05, 0.1) is 10.7 Å². The predicted molar refractivity (Wildman–Crippen MR) is 77.7 cm³/mol. The van der Waals surface area contributed by atoms with Gasteiger partial charge >= 0.3 is 5.97 Å². The van der Waals surface area contributed by atoms with Crippen LogP contribution in [0.25, 0.3) is 11.8 Å². The zero-order valence-corrected chi connectivity index (χ0v) is 12.3. The van der Waals surface area contributed by atoms with Gasteiger partial charge in [-0.2, -0.15) is 0 Å². The van der Waals surface area contributed by atoms with Crippen LogP contribution in [0, 0.1) is 0 Å². The van der Waals surface area contributed by atoms with E-state index >= 15 is 0 Å². The Bertz CT molecular complexity index is 704. The van der Waals surface area contributed by atoms with Gasteiger partial charge in [-0.1, -0.05) is 34.0 Å². The molecule has 0 atom stereocenters. The van der Waals surface area contributed by atoms with Crippen LogP contribution in [-0.4, -0.2) is 26.1 Å². The molecule has 1 aromatic heterocycles. The highest BCUT2D eigenvalue weighted by Crippen LogP contribution is 2.26. The number of hydrogen-bond acceptors (Lipinski definition) is 3. The van der Waals surface area contributed by atoms with E-state index in [1.165, 1.54) is 4.68 Å². The second kappa shape index (κ2) is 5.64. The highest BCUT2D eigenvalue weighted by atomic mass is 35.5. The number of carbonyl (C=O) groups is 1. The van der Waals surface area contributed by atoms with Crippen molar-refractivity contribution in [3.8, 4) is 5.69 Å². The van der Waals surface area contributed by atoms with E-state index in [1.54, 1.807) is 24.3 Å². The standard InChI is InChI=1S/C13H11Cl2N3O2/c1-7(2)5-11-12(13(19)20)16-17-18(11)10-6-8(14)3-4-9(10)15/h3-6H,1-2H3,(H,19,20). The van der Waals surface area contributed by atoms with Crippen LogP contribution < -0.4 is 0 Å². The van der Waals surface area contributed by atoms with Crippen LogP contribution in [-0.2, 0) is 0 Å². The lowest BCUT2D eigenvalue weighted by Crippen LogP contribution is -2.04. The lowest BCUT2D eigenvalue weighted by atomic mass is 10.2. The molecular formula is C13H11Cl2N3O2. The molecule has 1 N–H and O–H groups in total. The third-order valence-corrected chi connectivity index (χ3v) is 3.02. The topological polar surface area (TPSA) is 68.0 Å². The molecule has 0 unspecified atom stereocenters. The number of rotatable bonds is 3. The quantitative estimate of drug-likeness (QED) is 0.938. The number of nitrogens with zero attached hydrogens (tertiary/aromatic N) is 3. The van der Waals surface area contributed by atoms with Gasteiger partial charge < -0.3 is 5.11 Å². The second-order valence-electron chi connectivity index (χ2n) is 4.36. The average Bonchev–Trinajstić information content (AvgIpc) is 2.75. The summed E-state index contributed by atoms with van der Waals surface area (Å²) in [6.07, 6.45) is 1.68. The summed E-state index contributed by atoms with van der Waals surface area (Å²) in [5, 5.41) is 17.6. The van der Waals surface area contributed by atoms with E-state index in [9.17, 15) is 4.79 Å². The summed E-state index contributed by atoms with van der Waals surface area (Å²) in [5.41, 5.74) is 1.60. The fraction of sp³-hybridized carbons (Fsp3) is 0.154. The van der Waals surface area contributed by atoms with E-state index in [0.29, 0.717) is 21.4 Å². The van der Waals surface area contributed by atoms with Crippen molar-refractivity contribution in [1.82, 2.24) is 15.0 Å². The van der Waals surface area contributed by atoms with Crippen molar-refractivity contribution in [3.05, 3.63) is 45.2 Å².